The lowest BCUT2D eigenvalue weighted by atomic mass is 10.2. The van der Waals surface area contributed by atoms with Gasteiger partial charge in [-0.05, 0) is 25.4 Å². The molecule has 0 aromatic carbocycles. The summed E-state index contributed by atoms with van der Waals surface area (Å²) in [5.74, 6) is 0.253. The Hall–Kier alpha value is -1.73. The van der Waals surface area contributed by atoms with E-state index in [-0.39, 0.29) is 12.5 Å². The van der Waals surface area contributed by atoms with E-state index < -0.39 is 5.97 Å². The van der Waals surface area contributed by atoms with E-state index in [1.165, 1.54) is 0 Å². The zero-order valence-electron chi connectivity index (χ0n) is 10.7. The Morgan fingerprint density at radius 1 is 1.63 bits per heavy atom. The molecule has 0 radical (unpaired) electrons. The highest BCUT2D eigenvalue weighted by atomic mass is 32.1. The van der Waals surface area contributed by atoms with Crippen molar-refractivity contribution in [2.24, 2.45) is 0 Å². The van der Waals surface area contributed by atoms with E-state index in [0.717, 1.165) is 4.88 Å². The van der Waals surface area contributed by atoms with Crippen molar-refractivity contribution in [1.29, 1.82) is 0 Å². The number of carboxylic acids is 1. The van der Waals surface area contributed by atoms with Gasteiger partial charge in [-0.1, -0.05) is 11.2 Å². The number of nitrogens with zero attached hydrogens (tertiary/aromatic N) is 3. The van der Waals surface area contributed by atoms with Crippen molar-refractivity contribution in [3.63, 3.8) is 0 Å². The molecule has 2 rings (SSSR count). The summed E-state index contributed by atoms with van der Waals surface area (Å²) in [7, 11) is 1.84. The van der Waals surface area contributed by atoms with E-state index in [9.17, 15) is 4.79 Å². The lowest BCUT2D eigenvalue weighted by Crippen LogP contribution is -2.25. The number of hydrogen-bond donors (Lipinski definition) is 1. The van der Waals surface area contributed by atoms with Gasteiger partial charge in [-0.25, -0.2) is 0 Å². The van der Waals surface area contributed by atoms with Gasteiger partial charge in [0.05, 0.1) is 17.3 Å². The largest absolute Gasteiger partial charge is 0.481 e. The van der Waals surface area contributed by atoms with Crippen molar-refractivity contribution in [3.05, 3.63) is 23.4 Å². The van der Waals surface area contributed by atoms with Gasteiger partial charge in [0.25, 0.3) is 0 Å². The van der Waals surface area contributed by atoms with Gasteiger partial charge < -0.3 is 9.63 Å². The predicted octanol–water partition coefficient (Wildman–Crippen LogP) is 2.27. The van der Waals surface area contributed by atoms with Crippen molar-refractivity contribution in [2.45, 2.75) is 19.4 Å². The maximum absolute atomic E-state index is 10.5. The highest BCUT2D eigenvalue weighted by molar-refractivity contribution is 7.13. The van der Waals surface area contributed by atoms with Gasteiger partial charge in [0.1, 0.15) is 0 Å². The normalized spacial score (nSPS) is 12.8. The second kappa shape index (κ2) is 5.94. The molecule has 7 heteroatoms. The zero-order valence-corrected chi connectivity index (χ0v) is 11.6. The van der Waals surface area contributed by atoms with Crippen LogP contribution in [0, 0.1) is 0 Å². The lowest BCUT2D eigenvalue weighted by molar-refractivity contribution is -0.137. The molecule has 0 aliphatic rings. The second-order valence-corrected chi connectivity index (χ2v) is 5.18. The first-order chi connectivity index (χ1) is 9.08. The molecular weight excluding hydrogens is 266 g/mol. The monoisotopic (exact) mass is 281 g/mol. The Morgan fingerprint density at radius 3 is 3.05 bits per heavy atom. The summed E-state index contributed by atoms with van der Waals surface area (Å²) in [6.45, 7) is 2.35. The van der Waals surface area contributed by atoms with Gasteiger partial charge in [0.2, 0.25) is 11.7 Å². The molecular formula is C12H15N3O3S. The van der Waals surface area contributed by atoms with Crippen LogP contribution in [0.15, 0.2) is 22.0 Å². The van der Waals surface area contributed by atoms with Gasteiger partial charge in [0.15, 0.2) is 0 Å². The first-order valence-corrected chi connectivity index (χ1v) is 6.75. The molecule has 0 aliphatic heterocycles. The van der Waals surface area contributed by atoms with Crippen molar-refractivity contribution >= 4 is 17.3 Å². The van der Waals surface area contributed by atoms with E-state index in [0.29, 0.717) is 18.3 Å². The molecule has 0 spiro atoms. The van der Waals surface area contributed by atoms with Gasteiger partial charge in [-0.2, -0.15) is 4.98 Å². The zero-order chi connectivity index (χ0) is 13.8. The highest BCUT2D eigenvalue weighted by Gasteiger charge is 2.19. The second-order valence-electron chi connectivity index (χ2n) is 4.23. The number of thiophene rings is 1. The summed E-state index contributed by atoms with van der Waals surface area (Å²) in [6.07, 6.45) is 0.0900. The van der Waals surface area contributed by atoms with E-state index in [4.69, 9.17) is 9.63 Å². The molecule has 2 aromatic rings. The molecule has 0 fully saturated rings. The molecule has 0 saturated carbocycles. The Morgan fingerprint density at radius 2 is 2.42 bits per heavy atom. The highest BCUT2D eigenvalue weighted by Crippen LogP contribution is 2.24. The van der Waals surface area contributed by atoms with E-state index in [1.54, 1.807) is 11.3 Å². The number of rotatable bonds is 6. The smallest absolute Gasteiger partial charge is 0.304 e. The fraction of sp³-hybridized carbons (Fsp3) is 0.417. The van der Waals surface area contributed by atoms with E-state index in [1.807, 2.05) is 36.4 Å². The maximum Gasteiger partial charge on any atom is 0.304 e. The molecule has 19 heavy (non-hydrogen) atoms. The van der Waals surface area contributed by atoms with Crippen LogP contribution in [-0.4, -0.2) is 39.7 Å². The molecule has 102 valence electrons. The van der Waals surface area contributed by atoms with Crippen LogP contribution in [0.1, 0.15) is 25.3 Å². The third kappa shape index (κ3) is 3.39. The predicted molar refractivity (Wildman–Crippen MR) is 70.9 cm³/mol. The summed E-state index contributed by atoms with van der Waals surface area (Å²) in [6, 6.07) is 3.75. The lowest BCUT2D eigenvalue weighted by Gasteiger charge is -2.20. The third-order valence-corrected chi connectivity index (χ3v) is 3.75. The molecule has 2 heterocycles. The van der Waals surface area contributed by atoms with Crippen LogP contribution in [0.25, 0.3) is 10.7 Å². The Labute approximate surface area is 114 Å². The van der Waals surface area contributed by atoms with Crippen LogP contribution in [0.4, 0.5) is 0 Å². The van der Waals surface area contributed by atoms with Crippen LogP contribution in [-0.2, 0) is 4.79 Å². The maximum atomic E-state index is 10.5. The first kappa shape index (κ1) is 13.7. The molecule has 0 aliphatic carbocycles. The van der Waals surface area contributed by atoms with Crippen molar-refractivity contribution in [2.75, 3.05) is 13.6 Å². The third-order valence-electron chi connectivity index (χ3n) is 2.88. The van der Waals surface area contributed by atoms with Crippen LogP contribution < -0.4 is 0 Å². The standard InChI is InChI=1S/C12H15N3O3S/c1-8(15(2)6-5-10(16)17)12-13-11(14-18-12)9-4-3-7-19-9/h3-4,7-8H,5-6H2,1-2H3,(H,16,17). The molecule has 6 nitrogen and oxygen atoms in total. The molecule has 0 amide bonds. The quantitative estimate of drug-likeness (QED) is 0.875. The van der Waals surface area contributed by atoms with Crippen molar-refractivity contribution < 1.29 is 14.4 Å². The minimum atomic E-state index is -0.816. The molecule has 1 N–H and O–H groups in total. The number of aliphatic carboxylic acids is 1. The van der Waals surface area contributed by atoms with E-state index in [2.05, 4.69) is 10.1 Å². The number of carboxylic acid groups (broad SMARTS) is 1. The Kier molecular flexibility index (Phi) is 4.28. The molecule has 1 atom stereocenters. The topological polar surface area (TPSA) is 79.5 Å². The molecule has 0 saturated heterocycles. The van der Waals surface area contributed by atoms with Gasteiger partial charge in [0, 0.05) is 6.54 Å². The summed E-state index contributed by atoms with van der Waals surface area (Å²) in [5.41, 5.74) is 0. The average molecular weight is 281 g/mol. The van der Waals surface area contributed by atoms with Crippen LogP contribution in [0.5, 0.6) is 0 Å². The fourth-order valence-corrected chi connectivity index (χ4v) is 2.21. The van der Waals surface area contributed by atoms with Gasteiger partial charge in [-0.15, -0.1) is 11.3 Å². The minimum Gasteiger partial charge on any atom is -0.481 e. The summed E-state index contributed by atoms with van der Waals surface area (Å²) in [5, 5.41) is 14.6. The summed E-state index contributed by atoms with van der Waals surface area (Å²) in [4.78, 5) is 17.7. The van der Waals surface area contributed by atoms with Crippen LogP contribution >= 0.6 is 11.3 Å². The van der Waals surface area contributed by atoms with Gasteiger partial charge >= 0.3 is 5.97 Å². The Bertz CT molecular complexity index is 538. The van der Waals surface area contributed by atoms with Gasteiger partial charge in [-0.3, -0.25) is 9.69 Å². The molecule has 0 bridgehead atoms. The SMILES string of the molecule is CC(c1nc(-c2cccs2)no1)N(C)CCC(=O)O. The summed E-state index contributed by atoms with van der Waals surface area (Å²) < 4.78 is 5.23. The Balaban J connectivity index is 2.03. The average Bonchev–Trinajstić information content (AvgIpc) is 3.04. The van der Waals surface area contributed by atoms with Crippen LogP contribution in [0.3, 0.4) is 0 Å². The van der Waals surface area contributed by atoms with Crippen LogP contribution in [0.2, 0.25) is 0 Å². The number of hydrogen-bond acceptors (Lipinski definition) is 6. The minimum absolute atomic E-state index is 0.0900. The summed E-state index contributed by atoms with van der Waals surface area (Å²) >= 11 is 1.55. The molecule has 1 unspecified atom stereocenters. The van der Waals surface area contributed by atoms with Crippen molar-refractivity contribution in [1.82, 2.24) is 15.0 Å². The fourth-order valence-electron chi connectivity index (χ4n) is 1.56. The van der Waals surface area contributed by atoms with Crippen molar-refractivity contribution in [3.8, 4) is 10.7 Å². The molecule has 2 aromatic heterocycles. The van der Waals surface area contributed by atoms with E-state index >= 15 is 0 Å². The number of aromatic nitrogens is 2. The number of carbonyl (C=O) groups is 1. The first-order valence-electron chi connectivity index (χ1n) is 5.87.